The highest BCUT2D eigenvalue weighted by atomic mass is 79.9. The molecular weight excluding hydrogens is 624 g/mol. The molecule has 1 aromatic heterocycles. The van der Waals surface area contributed by atoms with E-state index >= 15 is 0 Å². The zero-order chi connectivity index (χ0) is 27.4. The van der Waals surface area contributed by atoms with Gasteiger partial charge in [0.2, 0.25) is 0 Å². The minimum absolute atomic E-state index is 0.151. The lowest BCUT2D eigenvalue weighted by Crippen LogP contribution is -2.25. The van der Waals surface area contributed by atoms with Gasteiger partial charge in [-0.1, -0.05) is 49.6 Å². The predicted molar refractivity (Wildman–Crippen MR) is 162 cm³/mol. The maximum Gasteiger partial charge on any atom is 0.282 e. The van der Waals surface area contributed by atoms with E-state index in [-0.39, 0.29) is 24.0 Å². The Balaban J connectivity index is 1.38. The lowest BCUT2D eigenvalue weighted by molar-refractivity contribution is -0.118. The van der Waals surface area contributed by atoms with Crippen LogP contribution in [0.25, 0.3) is 10.9 Å². The Kier molecular flexibility index (Phi) is 8.57. The summed E-state index contributed by atoms with van der Waals surface area (Å²) in [5.41, 5.74) is 3.01. The van der Waals surface area contributed by atoms with Gasteiger partial charge in [0, 0.05) is 11.6 Å². The molecule has 1 aliphatic carbocycles. The number of amides is 1. The van der Waals surface area contributed by atoms with Crippen LogP contribution in [0.2, 0.25) is 0 Å². The van der Waals surface area contributed by atoms with Crippen molar-refractivity contribution in [1.29, 1.82) is 0 Å². The summed E-state index contributed by atoms with van der Waals surface area (Å²) in [6, 6.07) is 18.7. The number of nitrogens with one attached hydrogen (secondary N) is 1. The van der Waals surface area contributed by atoms with E-state index in [0.717, 1.165) is 42.5 Å². The Morgan fingerprint density at radius 1 is 1.08 bits per heavy atom. The third kappa shape index (κ3) is 6.31. The van der Waals surface area contributed by atoms with Crippen LogP contribution < -0.4 is 15.6 Å². The largest absolute Gasteiger partial charge is 0.481 e. The molecule has 1 amide bonds. The molecule has 1 saturated carbocycles. The third-order valence-electron chi connectivity index (χ3n) is 6.86. The van der Waals surface area contributed by atoms with Gasteiger partial charge >= 0.3 is 0 Å². The summed E-state index contributed by atoms with van der Waals surface area (Å²) in [6.07, 6.45) is 7.11. The topological polar surface area (TPSA) is 85.6 Å². The summed E-state index contributed by atoms with van der Waals surface area (Å²) in [7, 11) is 0. The van der Waals surface area contributed by atoms with Gasteiger partial charge in [0.1, 0.15) is 11.6 Å². The minimum atomic E-state index is -0.257. The van der Waals surface area contributed by atoms with Crippen LogP contribution in [0.15, 0.2) is 79.5 Å². The molecule has 3 aromatic carbocycles. The zero-order valence-electron chi connectivity index (χ0n) is 21.5. The van der Waals surface area contributed by atoms with Crippen LogP contribution in [0.1, 0.15) is 55.0 Å². The highest BCUT2D eigenvalue weighted by Gasteiger charge is 2.22. The van der Waals surface area contributed by atoms with E-state index in [4.69, 9.17) is 9.72 Å². The van der Waals surface area contributed by atoms with Gasteiger partial charge in [-0.3, -0.25) is 9.59 Å². The van der Waals surface area contributed by atoms with E-state index in [1.54, 1.807) is 12.3 Å². The molecule has 0 bridgehead atoms. The van der Waals surface area contributed by atoms with Crippen molar-refractivity contribution in [2.75, 3.05) is 11.9 Å². The van der Waals surface area contributed by atoms with Crippen LogP contribution in [-0.2, 0) is 4.79 Å². The van der Waals surface area contributed by atoms with E-state index in [0.29, 0.717) is 31.4 Å². The quantitative estimate of drug-likeness (QED) is 0.215. The molecule has 7 nitrogen and oxygen atoms in total. The highest BCUT2D eigenvalue weighted by molar-refractivity contribution is 9.11. The van der Waals surface area contributed by atoms with E-state index in [1.807, 2.05) is 61.5 Å². The molecule has 1 fully saturated rings. The third-order valence-corrected chi connectivity index (χ3v) is 8.04. The number of aromatic nitrogens is 2. The second kappa shape index (κ2) is 12.3. The fourth-order valence-electron chi connectivity index (χ4n) is 4.83. The molecule has 9 heteroatoms. The van der Waals surface area contributed by atoms with Gasteiger partial charge in [-0.25, -0.2) is 4.98 Å². The number of carbonyl (C=O) groups is 1. The van der Waals surface area contributed by atoms with Gasteiger partial charge in [-0.2, -0.15) is 9.78 Å². The normalized spacial score (nSPS) is 14.1. The minimum Gasteiger partial charge on any atom is -0.481 e. The molecule has 0 radical (unpaired) electrons. The summed E-state index contributed by atoms with van der Waals surface area (Å²) in [6.45, 7) is 1.78. The van der Waals surface area contributed by atoms with Crippen LogP contribution in [0, 0.1) is 6.92 Å². The number of benzene rings is 3. The Morgan fingerprint density at radius 2 is 1.77 bits per heavy atom. The van der Waals surface area contributed by atoms with Gasteiger partial charge in [0.25, 0.3) is 11.5 Å². The Bertz CT molecular complexity index is 1590. The number of rotatable bonds is 7. The molecule has 0 atom stereocenters. The number of hydrogen-bond acceptors (Lipinski definition) is 5. The molecular formula is C30H28Br2N4O3. The van der Waals surface area contributed by atoms with Crippen molar-refractivity contribution in [2.24, 2.45) is 5.10 Å². The zero-order valence-corrected chi connectivity index (χ0v) is 24.7. The summed E-state index contributed by atoms with van der Waals surface area (Å²) in [5, 5.41) is 8.02. The number of fused-ring (bicyclic) bond motifs is 1. The Morgan fingerprint density at radius 3 is 2.51 bits per heavy atom. The highest BCUT2D eigenvalue weighted by Crippen LogP contribution is 2.35. The summed E-state index contributed by atoms with van der Waals surface area (Å²) in [5.74, 6) is 1.16. The molecule has 1 heterocycles. The van der Waals surface area contributed by atoms with Gasteiger partial charge in [0.05, 0.1) is 26.1 Å². The van der Waals surface area contributed by atoms with Gasteiger partial charge < -0.3 is 10.1 Å². The fourth-order valence-corrected chi connectivity index (χ4v) is 6.28. The molecule has 0 unspecified atom stereocenters. The summed E-state index contributed by atoms with van der Waals surface area (Å²) >= 11 is 7.10. The van der Waals surface area contributed by atoms with Crippen molar-refractivity contribution in [1.82, 2.24) is 9.66 Å². The molecule has 1 N–H and O–H groups in total. The van der Waals surface area contributed by atoms with Crippen molar-refractivity contribution in [3.05, 3.63) is 96.9 Å². The SMILES string of the molecule is Cc1ccccc1NC(=O)COc1c(Br)cc(C=Nn2c(C3CCCCC3)nc3ccccc3c2=O)cc1Br. The smallest absolute Gasteiger partial charge is 0.282 e. The Labute approximate surface area is 243 Å². The summed E-state index contributed by atoms with van der Waals surface area (Å²) < 4.78 is 8.57. The molecule has 0 saturated heterocycles. The van der Waals surface area contributed by atoms with Gasteiger partial charge in [0.15, 0.2) is 6.61 Å². The summed E-state index contributed by atoms with van der Waals surface area (Å²) in [4.78, 5) is 30.8. The molecule has 4 aromatic rings. The first kappa shape index (κ1) is 27.3. The molecule has 200 valence electrons. The number of para-hydroxylation sites is 2. The number of aryl methyl sites for hydroxylation is 1. The van der Waals surface area contributed by atoms with Gasteiger partial charge in [-0.05, 0) is 93.1 Å². The number of halogens is 2. The molecule has 39 heavy (non-hydrogen) atoms. The first-order valence-electron chi connectivity index (χ1n) is 12.9. The van der Waals surface area contributed by atoms with E-state index < -0.39 is 0 Å². The molecule has 1 aliphatic rings. The predicted octanol–water partition coefficient (Wildman–Crippen LogP) is 7.18. The fraction of sp³-hybridized carbons (Fsp3) is 0.267. The second-order valence-electron chi connectivity index (χ2n) is 9.65. The van der Waals surface area contributed by atoms with Crippen LogP contribution in [0.3, 0.4) is 0 Å². The van der Waals surface area contributed by atoms with Crippen LogP contribution in [0.5, 0.6) is 5.75 Å². The van der Waals surface area contributed by atoms with E-state index in [2.05, 4.69) is 42.3 Å². The van der Waals surface area contributed by atoms with Crippen LogP contribution >= 0.6 is 31.9 Å². The standard InChI is InChI=1S/C30H28Br2N4O3/c1-19-9-5-7-13-25(19)34-27(37)18-39-28-23(31)15-20(16-24(28)32)17-33-36-29(21-10-3-2-4-11-21)35-26-14-8-6-12-22(26)30(36)38/h5-9,12-17,21H,2-4,10-11,18H2,1H3,(H,34,37). The lowest BCUT2D eigenvalue weighted by Gasteiger charge is -2.22. The number of carbonyl (C=O) groups excluding carboxylic acids is 1. The number of hydrogen-bond donors (Lipinski definition) is 1. The van der Waals surface area contributed by atoms with Crippen molar-refractivity contribution < 1.29 is 9.53 Å². The molecule has 0 spiro atoms. The Hall–Kier alpha value is -3.30. The van der Waals surface area contributed by atoms with Crippen molar-refractivity contribution in [3.63, 3.8) is 0 Å². The molecule has 5 rings (SSSR count). The lowest BCUT2D eigenvalue weighted by atomic mass is 9.88. The first-order chi connectivity index (χ1) is 18.9. The second-order valence-corrected chi connectivity index (χ2v) is 11.4. The van der Waals surface area contributed by atoms with Gasteiger partial charge in [-0.15, -0.1) is 0 Å². The van der Waals surface area contributed by atoms with E-state index in [9.17, 15) is 9.59 Å². The van der Waals surface area contributed by atoms with Crippen molar-refractivity contribution in [3.8, 4) is 5.75 Å². The maximum absolute atomic E-state index is 13.4. The average Bonchev–Trinajstić information content (AvgIpc) is 2.94. The van der Waals surface area contributed by atoms with Crippen LogP contribution in [0.4, 0.5) is 5.69 Å². The van der Waals surface area contributed by atoms with E-state index in [1.165, 1.54) is 11.1 Å². The number of anilines is 1. The first-order valence-corrected chi connectivity index (χ1v) is 14.5. The van der Waals surface area contributed by atoms with Crippen molar-refractivity contribution in [2.45, 2.75) is 44.9 Å². The number of ether oxygens (including phenoxy) is 1. The maximum atomic E-state index is 13.4. The monoisotopic (exact) mass is 650 g/mol. The molecule has 0 aliphatic heterocycles. The van der Waals surface area contributed by atoms with Crippen LogP contribution in [-0.4, -0.2) is 28.4 Å². The van der Waals surface area contributed by atoms with Crippen molar-refractivity contribution >= 4 is 60.6 Å². The number of nitrogens with zero attached hydrogens (tertiary/aromatic N) is 3. The average molecular weight is 652 g/mol.